The van der Waals surface area contributed by atoms with Crippen LogP contribution in [0.1, 0.15) is 39.0 Å². The van der Waals surface area contributed by atoms with E-state index in [1.54, 1.807) is 0 Å². The summed E-state index contributed by atoms with van der Waals surface area (Å²) in [6, 6.07) is 8.76. The van der Waals surface area contributed by atoms with Crippen molar-refractivity contribution >= 4 is 11.6 Å². The molecule has 0 aliphatic heterocycles. The third-order valence-corrected chi connectivity index (χ3v) is 4.20. The molecule has 0 spiro atoms. The molecule has 0 aliphatic rings. The van der Waals surface area contributed by atoms with Crippen LogP contribution in [0, 0.1) is 0 Å². The molecule has 0 bridgehead atoms. The lowest BCUT2D eigenvalue weighted by Crippen LogP contribution is -3.00. The van der Waals surface area contributed by atoms with Gasteiger partial charge in [0, 0.05) is 43.0 Å². The van der Waals surface area contributed by atoms with Crippen LogP contribution in [0.4, 0.5) is 0 Å². The molecule has 2 aromatic heterocycles. The highest BCUT2D eigenvalue weighted by Crippen LogP contribution is 2.15. The molecule has 0 amide bonds. The fraction of sp³-hybridized carbons (Fsp3) is 0.474. The summed E-state index contributed by atoms with van der Waals surface area (Å²) in [6.45, 7) is 4.35. The minimum absolute atomic E-state index is 0. The molecule has 2 aromatic rings. The fourth-order valence-corrected chi connectivity index (χ4v) is 2.68. The molecule has 2 heterocycles. The van der Waals surface area contributed by atoms with Crippen LogP contribution < -0.4 is 57.1 Å². The van der Waals surface area contributed by atoms with Gasteiger partial charge in [0.25, 0.3) is 0 Å². The van der Waals surface area contributed by atoms with Crippen LogP contribution in [-0.2, 0) is 13.1 Å². The van der Waals surface area contributed by atoms with Crippen molar-refractivity contribution in [3.05, 3.63) is 49.1 Å². The zero-order valence-electron chi connectivity index (χ0n) is 14.3. The summed E-state index contributed by atoms with van der Waals surface area (Å²) in [6.07, 6.45) is 14.9. The molecule has 2 rings (SSSR count). The Hall–Kier alpha value is 0.0500. The zero-order chi connectivity index (χ0) is 15.6. The van der Waals surface area contributed by atoms with Crippen LogP contribution in [0.5, 0.6) is 0 Å². The van der Waals surface area contributed by atoms with Gasteiger partial charge in [0.1, 0.15) is 13.1 Å². The molecule has 0 radical (unpaired) electrons. The van der Waals surface area contributed by atoms with Crippen molar-refractivity contribution in [2.75, 3.05) is 5.88 Å². The highest BCUT2D eigenvalue weighted by atomic mass is 127. The fourth-order valence-electron chi connectivity index (χ4n) is 2.56. The molecule has 5 heteroatoms. The Morgan fingerprint density at radius 1 is 0.708 bits per heavy atom. The van der Waals surface area contributed by atoms with Crippen molar-refractivity contribution in [3.8, 4) is 11.1 Å². The molecular formula is C19H27ClI2N2. The van der Waals surface area contributed by atoms with Crippen molar-refractivity contribution in [1.82, 2.24) is 0 Å². The molecule has 0 fully saturated rings. The SMILES string of the molecule is CCCCCC[n+]1ccc(-c2cc[n+](CCCCl)cc2)cc1.[I-].[I-]. The van der Waals surface area contributed by atoms with E-state index in [2.05, 4.69) is 65.1 Å². The normalized spacial score (nSPS) is 9.92. The first-order chi connectivity index (χ1) is 10.8. The Bertz CT molecular complexity index is 544. The number of aryl methyl sites for hydroxylation is 2. The van der Waals surface area contributed by atoms with E-state index in [4.69, 9.17) is 11.6 Å². The average molecular weight is 573 g/mol. The van der Waals surface area contributed by atoms with Crippen LogP contribution >= 0.6 is 11.6 Å². The van der Waals surface area contributed by atoms with E-state index in [1.807, 2.05) is 0 Å². The smallest absolute Gasteiger partial charge is 0.169 e. The Morgan fingerprint density at radius 3 is 1.58 bits per heavy atom. The van der Waals surface area contributed by atoms with Gasteiger partial charge in [-0.3, -0.25) is 0 Å². The van der Waals surface area contributed by atoms with Gasteiger partial charge in [0.2, 0.25) is 0 Å². The lowest BCUT2D eigenvalue weighted by Gasteiger charge is -2.01. The topological polar surface area (TPSA) is 7.76 Å². The zero-order valence-corrected chi connectivity index (χ0v) is 19.4. The molecule has 134 valence electrons. The quantitative estimate of drug-likeness (QED) is 0.144. The van der Waals surface area contributed by atoms with E-state index in [0.29, 0.717) is 5.88 Å². The molecule has 0 aliphatic carbocycles. The largest absolute Gasteiger partial charge is 1.00 e. The standard InChI is InChI=1S/C19H27ClN2.2HI/c1-2-3-4-5-12-21-14-7-18(8-15-21)19-9-16-22(17-10-19)13-6-11-20;;/h7-10,14-17H,2-6,11-13H2,1H3;2*1H/q+2;;/p-2. The summed E-state index contributed by atoms with van der Waals surface area (Å²) >= 11 is 5.73. The minimum Gasteiger partial charge on any atom is -1.00 e. The van der Waals surface area contributed by atoms with Gasteiger partial charge in [0.05, 0.1) is 0 Å². The van der Waals surface area contributed by atoms with E-state index in [-0.39, 0.29) is 48.0 Å². The number of nitrogens with zero attached hydrogens (tertiary/aromatic N) is 2. The average Bonchev–Trinajstić information content (AvgIpc) is 2.58. The molecule has 24 heavy (non-hydrogen) atoms. The second-order valence-corrected chi connectivity index (χ2v) is 6.13. The molecule has 0 atom stereocenters. The van der Waals surface area contributed by atoms with Crippen molar-refractivity contribution in [2.45, 2.75) is 52.1 Å². The van der Waals surface area contributed by atoms with Crippen LogP contribution in [0.3, 0.4) is 0 Å². The van der Waals surface area contributed by atoms with Gasteiger partial charge in [-0.2, -0.15) is 0 Å². The summed E-state index contributed by atoms with van der Waals surface area (Å²) in [7, 11) is 0. The summed E-state index contributed by atoms with van der Waals surface area (Å²) in [4.78, 5) is 0. The van der Waals surface area contributed by atoms with Crippen molar-refractivity contribution in [2.24, 2.45) is 0 Å². The number of hydrogen-bond acceptors (Lipinski definition) is 0. The summed E-state index contributed by atoms with van der Waals surface area (Å²) < 4.78 is 4.46. The molecule has 0 unspecified atom stereocenters. The number of rotatable bonds is 9. The Morgan fingerprint density at radius 2 is 1.17 bits per heavy atom. The second kappa shape index (κ2) is 14.2. The van der Waals surface area contributed by atoms with Gasteiger partial charge in [-0.15, -0.1) is 11.6 Å². The molecular weight excluding hydrogens is 545 g/mol. The van der Waals surface area contributed by atoms with E-state index in [0.717, 1.165) is 19.5 Å². The molecule has 0 aromatic carbocycles. The van der Waals surface area contributed by atoms with Crippen LogP contribution in [0.15, 0.2) is 49.1 Å². The van der Waals surface area contributed by atoms with E-state index in [1.165, 1.54) is 36.8 Å². The first-order valence-electron chi connectivity index (χ1n) is 8.38. The monoisotopic (exact) mass is 572 g/mol. The molecule has 0 saturated carbocycles. The maximum absolute atomic E-state index is 5.73. The van der Waals surface area contributed by atoms with Crippen molar-refractivity contribution in [3.63, 3.8) is 0 Å². The van der Waals surface area contributed by atoms with Gasteiger partial charge < -0.3 is 48.0 Å². The van der Waals surface area contributed by atoms with Gasteiger partial charge in [0.15, 0.2) is 24.8 Å². The third kappa shape index (κ3) is 8.43. The van der Waals surface area contributed by atoms with Crippen LogP contribution in [-0.4, -0.2) is 5.88 Å². The number of pyridine rings is 2. The molecule has 0 saturated heterocycles. The van der Waals surface area contributed by atoms with Crippen molar-refractivity contribution in [1.29, 1.82) is 0 Å². The molecule has 0 N–H and O–H groups in total. The molecule has 2 nitrogen and oxygen atoms in total. The second-order valence-electron chi connectivity index (χ2n) is 5.75. The Labute approximate surface area is 185 Å². The van der Waals surface area contributed by atoms with Crippen LogP contribution in [0.2, 0.25) is 0 Å². The van der Waals surface area contributed by atoms with Gasteiger partial charge >= 0.3 is 0 Å². The first-order valence-corrected chi connectivity index (χ1v) is 8.91. The highest BCUT2D eigenvalue weighted by molar-refractivity contribution is 6.17. The minimum atomic E-state index is 0. The highest BCUT2D eigenvalue weighted by Gasteiger charge is 2.05. The lowest BCUT2D eigenvalue weighted by molar-refractivity contribution is -0.697. The summed E-state index contributed by atoms with van der Waals surface area (Å²) in [5.74, 6) is 0.714. The number of halogens is 3. The lowest BCUT2D eigenvalue weighted by atomic mass is 10.1. The number of hydrogen-bond donors (Lipinski definition) is 0. The van der Waals surface area contributed by atoms with E-state index in [9.17, 15) is 0 Å². The predicted octanol–water partition coefficient (Wildman–Crippen LogP) is -1.85. The van der Waals surface area contributed by atoms with Crippen LogP contribution in [0.25, 0.3) is 11.1 Å². The Kier molecular flexibility index (Phi) is 14.3. The van der Waals surface area contributed by atoms with Crippen molar-refractivity contribution < 1.29 is 57.1 Å². The van der Waals surface area contributed by atoms with E-state index >= 15 is 0 Å². The maximum Gasteiger partial charge on any atom is 0.169 e. The number of unbranched alkanes of at least 4 members (excludes halogenated alkanes) is 3. The van der Waals surface area contributed by atoms with E-state index < -0.39 is 0 Å². The van der Waals surface area contributed by atoms with Gasteiger partial charge in [-0.05, 0) is 17.5 Å². The maximum atomic E-state index is 5.73. The third-order valence-electron chi connectivity index (χ3n) is 3.94. The van der Waals surface area contributed by atoms with Gasteiger partial charge in [-0.1, -0.05) is 19.8 Å². The van der Waals surface area contributed by atoms with Gasteiger partial charge in [-0.25, -0.2) is 9.13 Å². The number of alkyl halides is 1. The number of aromatic nitrogens is 2. The first kappa shape index (κ1) is 24.1. The predicted molar refractivity (Wildman–Crippen MR) is 91.7 cm³/mol. The summed E-state index contributed by atoms with van der Waals surface area (Å²) in [5, 5.41) is 0. The summed E-state index contributed by atoms with van der Waals surface area (Å²) in [5.41, 5.74) is 2.54. The Balaban J connectivity index is 0.00000264.